The van der Waals surface area contributed by atoms with Crippen LogP contribution in [0.15, 0.2) is 15.9 Å². The van der Waals surface area contributed by atoms with E-state index in [9.17, 15) is 0 Å². The van der Waals surface area contributed by atoms with E-state index in [1.807, 2.05) is 6.07 Å². The Hall–Kier alpha value is 0.430. The molecule has 1 fully saturated rings. The van der Waals surface area contributed by atoms with Crippen LogP contribution < -0.4 is 0 Å². The third-order valence-corrected chi connectivity index (χ3v) is 4.76. The van der Waals surface area contributed by atoms with Gasteiger partial charge in [0.1, 0.15) is 0 Å². The van der Waals surface area contributed by atoms with Gasteiger partial charge in [-0.3, -0.25) is 0 Å². The summed E-state index contributed by atoms with van der Waals surface area (Å²) in [4.78, 5) is 1.20. The normalized spacial score (nSPS) is 24.9. The van der Waals surface area contributed by atoms with Crippen molar-refractivity contribution in [2.45, 2.75) is 30.7 Å². The predicted molar refractivity (Wildman–Crippen MR) is 64.2 cm³/mol. The smallest absolute Gasteiger partial charge is 0.0940 e. The molecule has 0 bridgehead atoms. The van der Waals surface area contributed by atoms with Crippen LogP contribution in [0.25, 0.3) is 0 Å². The van der Waals surface area contributed by atoms with E-state index in [0.717, 1.165) is 16.8 Å². The minimum atomic E-state index is 0.0200. The molecule has 1 aromatic heterocycles. The van der Waals surface area contributed by atoms with Gasteiger partial charge in [0.05, 0.1) is 15.3 Å². The summed E-state index contributed by atoms with van der Waals surface area (Å²) in [5.41, 5.74) is 0. The first kappa shape index (κ1) is 10.9. The topological polar surface area (TPSA) is 9.23 Å². The maximum absolute atomic E-state index is 6.36. The van der Waals surface area contributed by atoms with E-state index < -0.39 is 0 Å². The first-order valence-electron chi connectivity index (χ1n) is 4.78. The summed E-state index contributed by atoms with van der Waals surface area (Å²) >= 11 is 11.5. The Morgan fingerprint density at radius 1 is 1.50 bits per heavy atom. The lowest BCUT2D eigenvalue weighted by atomic mass is 10.1. The number of hydrogen-bond acceptors (Lipinski definition) is 2. The van der Waals surface area contributed by atoms with Gasteiger partial charge in [-0.05, 0) is 47.3 Å². The van der Waals surface area contributed by atoms with Crippen LogP contribution in [-0.2, 0) is 4.74 Å². The van der Waals surface area contributed by atoms with E-state index in [2.05, 4.69) is 22.0 Å². The van der Waals surface area contributed by atoms with Gasteiger partial charge in [-0.1, -0.05) is 0 Å². The van der Waals surface area contributed by atoms with Gasteiger partial charge in [0, 0.05) is 11.5 Å². The average molecular weight is 296 g/mol. The molecule has 14 heavy (non-hydrogen) atoms. The van der Waals surface area contributed by atoms with Crippen LogP contribution in [0, 0.1) is 0 Å². The van der Waals surface area contributed by atoms with Crippen molar-refractivity contribution >= 4 is 38.9 Å². The summed E-state index contributed by atoms with van der Waals surface area (Å²) in [7, 11) is 0. The molecule has 0 spiro atoms. The SMILES string of the molecule is ClC(c1ccc(Br)s1)C1CCCCO1. The fourth-order valence-electron chi connectivity index (χ4n) is 1.66. The highest BCUT2D eigenvalue weighted by molar-refractivity contribution is 9.11. The molecule has 0 amide bonds. The molecule has 2 atom stereocenters. The van der Waals surface area contributed by atoms with Crippen molar-refractivity contribution in [2.24, 2.45) is 0 Å². The number of thiophene rings is 1. The van der Waals surface area contributed by atoms with E-state index >= 15 is 0 Å². The molecule has 1 aromatic rings. The van der Waals surface area contributed by atoms with E-state index in [4.69, 9.17) is 16.3 Å². The van der Waals surface area contributed by atoms with Gasteiger partial charge < -0.3 is 4.74 Å². The largest absolute Gasteiger partial charge is 0.376 e. The highest BCUT2D eigenvalue weighted by Crippen LogP contribution is 2.36. The molecule has 4 heteroatoms. The van der Waals surface area contributed by atoms with Crippen molar-refractivity contribution < 1.29 is 4.74 Å². The van der Waals surface area contributed by atoms with Crippen LogP contribution in [0.5, 0.6) is 0 Å². The summed E-state index contributed by atoms with van der Waals surface area (Å²) < 4.78 is 6.80. The van der Waals surface area contributed by atoms with Gasteiger partial charge in [0.25, 0.3) is 0 Å². The number of halogens is 2. The summed E-state index contributed by atoms with van der Waals surface area (Å²) in [6.45, 7) is 0.862. The fourth-order valence-corrected chi connectivity index (χ4v) is 3.52. The molecule has 0 aliphatic carbocycles. The lowest BCUT2D eigenvalue weighted by molar-refractivity contribution is 0.0141. The Morgan fingerprint density at radius 3 is 2.93 bits per heavy atom. The third kappa shape index (κ3) is 2.51. The predicted octanol–water partition coefficient (Wildman–Crippen LogP) is 4.36. The highest BCUT2D eigenvalue weighted by Gasteiger charge is 2.24. The highest BCUT2D eigenvalue weighted by atomic mass is 79.9. The Morgan fingerprint density at radius 2 is 2.36 bits per heavy atom. The molecule has 1 saturated heterocycles. The summed E-state index contributed by atoms with van der Waals surface area (Å²) in [6, 6.07) is 4.11. The average Bonchev–Trinajstić information content (AvgIpc) is 2.65. The Labute approximate surface area is 102 Å². The molecule has 0 N–H and O–H groups in total. The van der Waals surface area contributed by atoms with E-state index in [1.165, 1.54) is 17.7 Å². The Kier molecular flexibility index (Phi) is 3.88. The van der Waals surface area contributed by atoms with Crippen molar-refractivity contribution in [1.29, 1.82) is 0 Å². The van der Waals surface area contributed by atoms with Gasteiger partial charge in [0.2, 0.25) is 0 Å². The second kappa shape index (κ2) is 4.97. The van der Waals surface area contributed by atoms with Gasteiger partial charge in [-0.15, -0.1) is 22.9 Å². The monoisotopic (exact) mass is 294 g/mol. The maximum Gasteiger partial charge on any atom is 0.0940 e. The zero-order valence-electron chi connectivity index (χ0n) is 7.71. The first-order chi connectivity index (χ1) is 6.77. The minimum absolute atomic E-state index is 0.0200. The molecule has 78 valence electrons. The molecular weight excluding hydrogens is 284 g/mol. The van der Waals surface area contributed by atoms with Gasteiger partial charge in [-0.25, -0.2) is 0 Å². The molecular formula is C10H12BrClOS. The van der Waals surface area contributed by atoms with Gasteiger partial charge >= 0.3 is 0 Å². The Balaban J connectivity index is 2.03. The lowest BCUT2D eigenvalue weighted by Crippen LogP contribution is -2.23. The second-order valence-electron chi connectivity index (χ2n) is 3.45. The zero-order valence-corrected chi connectivity index (χ0v) is 10.9. The van der Waals surface area contributed by atoms with Crippen LogP contribution in [0.2, 0.25) is 0 Å². The molecule has 0 aromatic carbocycles. The summed E-state index contributed by atoms with van der Waals surface area (Å²) in [5, 5.41) is 0.0200. The van der Waals surface area contributed by atoms with Crippen LogP contribution in [-0.4, -0.2) is 12.7 Å². The van der Waals surface area contributed by atoms with Crippen molar-refractivity contribution in [3.63, 3.8) is 0 Å². The molecule has 0 radical (unpaired) electrons. The zero-order chi connectivity index (χ0) is 9.97. The number of ether oxygens (including phenoxy) is 1. The molecule has 2 unspecified atom stereocenters. The third-order valence-electron chi connectivity index (χ3n) is 2.41. The van der Waals surface area contributed by atoms with Crippen LogP contribution in [0.3, 0.4) is 0 Å². The molecule has 1 aliphatic rings. The number of alkyl halides is 1. The van der Waals surface area contributed by atoms with E-state index in [-0.39, 0.29) is 11.5 Å². The Bertz CT molecular complexity index is 296. The summed E-state index contributed by atoms with van der Waals surface area (Å²) in [6.07, 6.45) is 3.70. The molecule has 2 heterocycles. The maximum atomic E-state index is 6.36. The second-order valence-corrected chi connectivity index (χ2v) is 6.41. The van der Waals surface area contributed by atoms with Crippen LogP contribution in [0.1, 0.15) is 29.5 Å². The minimum Gasteiger partial charge on any atom is -0.376 e. The molecule has 0 saturated carbocycles. The lowest BCUT2D eigenvalue weighted by Gasteiger charge is -2.25. The molecule has 1 nitrogen and oxygen atoms in total. The van der Waals surface area contributed by atoms with Crippen molar-refractivity contribution in [3.8, 4) is 0 Å². The quantitative estimate of drug-likeness (QED) is 0.737. The number of hydrogen-bond donors (Lipinski definition) is 0. The molecule has 1 aliphatic heterocycles. The summed E-state index contributed by atoms with van der Waals surface area (Å²) in [5.74, 6) is 0. The van der Waals surface area contributed by atoms with Crippen LogP contribution >= 0.6 is 38.9 Å². The fraction of sp³-hybridized carbons (Fsp3) is 0.600. The van der Waals surface area contributed by atoms with Crippen LogP contribution in [0.4, 0.5) is 0 Å². The van der Waals surface area contributed by atoms with Crippen molar-refractivity contribution in [2.75, 3.05) is 6.61 Å². The van der Waals surface area contributed by atoms with Crippen molar-refractivity contribution in [1.82, 2.24) is 0 Å². The van der Waals surface area contributed by atoms with Gasteiger partial charge in [0.15, 0.2) is 0 Å². The first-order valence-corrected chi connectivity index (χ1v) is 6.83. The molecule has 2 rings (SSSR count). The van der Waals surface area contributed by atoms with Gasteiger partial charge in [-0.2, -0.15) is 0 Å². The standard InChI is InChI=1S/C10H12BrClOS/c11-9-5-4-8(14-9)10(12)7-3-1-2-6-13-7/h4-5,7,10H,1-3,6H2. The van der Waals surface area contributed by atoms with E-state index in [0.29, 0.717) is 0 Å². The van der Waals surface area contributed by atoms with E-state index in [1.54, 1.807) is 11.3 Å². The number of rotatable bonds is 2. The van der Waals surface area contributed by atoms with Crippen molar-refractivity contribution in [3.05, 3.63) is 20.8 Å².